The van der Waals surface area contributed by atoms with Gasteiger partial charge in [-0.1, -0.05) is 25.1 Å². The molecule has 8 nitrogen and oxygen atoms in total. The van der Waals surface area contributed by atoms with Gasteiger partial charge in [0.25, 0.3) is 0 Å². The van der Waals surface area contributed by atoms with Gasteiger partial charge in [0.15, 0.2) is 0 Å². The number of carbonyl (C=O) groups excluding carboxylic acids is 2. The van der Waals surface area contributed by atoms with E-state index in [4.69, 9.17) is 0 Å². The Labute approximate surface area is 180 Å². The molecular weight excluding hydrogens is 394 g/mol. The van der Waals surface area contributed by atoms with Crippen LogP contribution in [0.2, 0.25) is 0 Å². The van der Waals surface area contributed by atoms with Crippen molar-refractivity contribution in [3.8, 4) is 0 Å². The van der Waals surface area contributed by atoms with Gasteiger partial charge in [0.1, 0.15) is 0 Å². The third-order valence-corrected chi connectivity index (χ3v) is 4.77. The van der Waals surface area contributed by atoms with Gasteiger partial charge < -0.3 is 16.0 Å². The van der Waals surface area contributed by atoms with Crippen LogP contribution in [0.25, 0.3) is 11.0 Å². The van der Waals surface area contributed by atoms with Crippen molar-refractivity contribution in [1.82, 2.24) is 14.5 Å². The molecule has 0 aliphatic rings. The molecule has 3 N–H and O–H groups in total. The number of aromatic nitrogens is 2. The average Bonchev–Trinajstić information content (AvgIpc) is 3.03. The van der Waals surface area contributed by atoms with Crippen LogP contribution in [0.4, 0.5) is 16.2 Å². The van der Waals surface area contributed by atoms with E-state index in [1.165, 1.54) is 0 Å². The number of anilines is 2. The molecule has 0 aliphatic heterocycles. The molecular formula is C23H27N5O3. The lowest BCUT2D eigenvalue weighted by Crippen LogP contribution is -2.28. The number of para-hydroxylation sites is 2. The van der Waals surface area contributed by atoms with Crippen LogP contribution >= 0.6 is 0 Å². The second-order valence-corrected chi connectivity index (χ2v) is 7.07. The second kappa shape index (κ2) is 10.3. The van der Waals surface area contributed by atoms with Crippen LogP contribution in [0.1, 0.15) is 19.8 Å². The van der Waals surface area contributed by atoms with Crippen molar-refractivity contribution in [2.75, 3.05) is 17.2 Å². The Balaban J connectivity index is 1.61. The SMILES string of the molecule is C=CCNC(=O)Nc1ccc(NC(=O)CCn2c(=O)n(CCC)c3ccccc32)cc1. The van der Waals surface area contributed by atoms with E-state index in [-0.39, 0.29) is 24.0 Å². The minimum atomic E-state index is -0.329. The van der Waals surface area contributed by atoms with Gasteiger partial charge in [0.2, 0.25) is 5.91 Å². The lowest BCUT2D eigenvalue weighted by atomic mass is 10.2. The number of nitrogens with one attached hydrogen (secondary N) is 3. The third-order valence-electron chi connectivity index (χ3n) is 4.77. The molecule has 0 atom stereocenters. The Hall–Kier alpha value is -3.81. The predicted molar refractivity (Wildman–Crippen MR) is 123 cm³/mol. The lowest BCUT2D eigenvalue weighted by Gasteiger charge is -2.09. The van der Waals surface area contributed by atoms with Gasteiger partial charge in [-0.15, -0.1) is 6.58 Å². The molecule has 31 heavy (non-hydrogen) atoms. The fourth-order valence-corrected chi connectivity index (χ4v) is 3.34. The number of carbonyl (C=O) groups is 2. The predicted octanol–water partition coefficient (Wildman–Crippen LogP) is 3.55. The summed E-state index contributed by atoms with van der Waals surface area (Å²) in [6.45, 7) is 6.88. The summed E-state index contributed by atoms with van der Waals surface area (Å²) < 4.78 is 3.41. The average molecular weight is 422 g/mol. The highest BCUT2D eigenvalue weighted by Gasteiger charge is 2.13. The lowest BCUT2D eigenvalue weighted by molar-refractivity contribution is -0.116. The van der Waals surface area contributed by atoms with Crippen LogP contribution in [-0.4, -0.2) is 27.6 Å². The Kier molecular flexibility index (Phi) is 7.26. The Morgan fingerprint density at radius 3 is 2.10 bits per heavy atom. The van der Waals surface area contributed by atoms with Crippen molar-refractivity contribution in [3.05, 3.63) is 71.7 Å². The van der Waals surface area contributed by atoms with Crippen molar-refractivity contribution < 1.29 is 9.59 Å². The van der Waals surface area contributed by atoms with Crippen molar-refractivity contribution in [2.24, 2.45) is 0 Å². The molecule has 3 rings (SSSR count). The first-order chi connectivity index (χ1) is 15.0. The van der Waals surface area contributed by atoms with Crippen molar-refractivity contribution in [1.29, 1.82) is 0 Å². The maximum Gasteiger partial charge on any atom is 0.329 e. The molecule has 8 heteroatoms. The Bertz CT molecular complexity index is 1130. The number of fused-ring (bicyclic) bond motifs is 1. The minimum Gasteiger partial charge on any atom is -0.334 e. The number of benzene rings is 2. The number of hydrogen-bond donors (Lipinski definition) is 3. The van der Waals surface area contributed by atoms with Crippen LogP contribution in [0.3, 0.4) is 0 Å². The van der Waals surface area contributed by atoms with Crippen LogP contribution in [0, 0.1) is 0 Å². The summed E-state index contributed by atoms with van der Waals surface area (Å²) in [6, 6.07) is 14.1. The smallest absolute Gasteiger partial charge is 0.329 e. The van der Waals surface area contributed by atoms with Gasteiger partial charge in [0, 0.05) is 37.4 Å². The zero-order valence-corrected chi connectivity index (χ0v) is 17.6. The van der Waals surface area contributed by atoms with E-state index >= 15 is 0 Å². The molecule has 0 saturated heterocycles. The van der Waals surface area contributed by atoms with E-state index in [1.807, 2.05) is 31.2 Å². The van der Waals surface area contributed by atoms with Gasteiger partial charge in [-0.05, 0) is 42.8 Å². The summed E-state index contributed by atoms with van der Waals surface area (Å²) in [7, 11) is 0. The standard InChI is InChI=1S/C23H27N5O3/c1-3-14-24-22(30)26-18-11-9-17(10-12-18)25-21(29)13-16-28-20-8-6-5-7-19(20)27(15-4-2)23(28)31/h3,5-12H,1,4,13-16H2,2H3,(H,25,29)(H2,24,26,30). The highest BCUT2D eigenvalue weighted by Crippen LogP contribution is 2.15. The number of imidazole rings is 1. The molecule has 0 saturated carbocycles. The topological polar surface area (TPSA) is 97.2 Å². The monoisotopic (exact) mass is 421 g/mol. The first-order valence-corrected chi connectivity index (χ1v) is 10.3. The number of amides is 3. The van der Waals surface area contributed by atoms with E-state index in [0.29, 0.717) is 31.0 Å². The number of aryl methyl sites for hydroxylation is 2. The van der Waals surface area contributed by atoms with Gasteiger partial charge >= 0.3 is 11.7 Å². The molecule has 0 unspecified atom stereocenters. The maximum absolute atomic E-state index is 12.8. The highest BCUT2D eigenvalue weighted by molar-refractivity contribution is 5.92. The second-order valence-electron chi connectivity index (χ2n) is 7.07. The number of nitrogens with zero attached hydrogens (tertiary/aromatic N) is 2. The van der Waals surface area contributed by atoms with Crippen LogP contribution in [0.15, 0.2) is 66.0 Å². The number of hydrogen-bond acceptors (Lipinski definition) is 3. The number of rotatable bonds is 9. The van der Waals surface area contributed by atoms with Gasteiger partial charge in [-0.3, -0.25) is 13.9 Å². The summed E-state index contributed by atoms with van der Waals surface area (Å²) >= 11 is 0. The molecule has 0 aliphatic carbocycles. The van der Waals surface area contributed by atoms with Crippen molar-refractivity contribution in [2.45, 2.75) is 32.9 Å². The highest BCUT2D eigenvalue weighted by atomic mass is 16.2. The largest absolute Gasteiger partial charge is 0.334 e. The summed E-state index contributed by atoms with van der Waals surface area (Å²) in [6.07, 6.45) is 2.62. The number of urea groups is 1. The summed E-state index contributed by atoms with van der Waals surface area (Å²) in [5, 5.41) is 8.13. The molecule has 0 fully saturated rings. The summed E-state index contributed by atoms with van der Waals surface area (Å²) in [5.41, 5.74) is 2.84. The molecule has 3 amide bonds. The van der Waals surface area contributed by atoms with Crippen LogP contribution in [-0.2, 0) is 17.9 Å². The normalized spacial score (nSPS) is 10.6. The van der Waals surface area contributed by atoms with Crippen molar-refractivity contribution >= 4 is 34.3 Å². The molecule has 1 heterocycles. The summed E-state index contributed by atoms with van der Waals surface area (Å²) in [4.78, 5) is 36.9. The van der Waals surface area contributed by atoms with Gasteiger partial charge in [-0.25, -0.2) is 9.59 Å². The van der Waals surface area contributed by atoms with E-state index < -0.39 is 0 Å². The van der Waals surface area contributed by atoms with E-state index in [0.717, 1.165) is 17.5 Å². The van der Waals surface area contributed by atoms with E-state index in [9.17, 15) is 14.4 Å². The van der Waals surface area contributed by atoms with E-state index in [1.54, 1.807) is 39.5 Å². The quantitative estimate of drug-likeness (QED) is 0.461. The van der Waals surface area contributed by atoms with Gasteiger partial charge in [-0.2, -0.15) is 0 Å². The van der Waals surface area contributed by atoms with Crippen LogP contribution < -0.4 is 21.6 Å². The zero-order chi connectivity index (χ0) is 22.2. The first kappa shape index (κ1) is 21.9. The first-order valence-electron chi connectivity index (χ1n) is 10.3. The fourth-order valence-electron chi connectivity index (χ4n) is 3.34. The van der Waals surface area contributed by atoms with Crippen LogP contribution in [0.5, 0.6) is 0 Å². The molecule has 2 aromatic carbocycles. The Morgan fingerprint density at radius 2 is 1.52 bits per heavy atom. The maximum atomic E-state index is 12.8. The third kappa shape index (κ3) is 5.42. The molecule has 0 radical (unpaired) electrons. The molecule has 1 aromatic heterocycles. The minimum absolute atomic E-state index is 0.0963. The van der Waals surface area contributed by atoms with Crippen molar-refractivity contribution in [3.63, 3.8) is 0 Å². The zero-order valence-electron chi connectivity index (χ0n) is 17.6. The fraction of sp³-hybridized carbons (Fsp3) is 0.261. The van der Waals surface area contributed by atoms with E-state index in [2.05, 4.69) is 22.5 Å². The summed E-state index contributed by atoms with van der Waals surface area (Å²) in [5.74, 6) is -0.191. The molecule has 0 spiro atoms. The van der Waals surface area contributed by atoms with Gasteiger partial charge in [0.05, 0.1) is 11.0 Å². The molecule has 3 aromatic rings. The Morgan fingerprint density at radius 1 is 0.935 bits per heavy atom. The molecule has 162 valence electrons. The molecule has 0 bridgehead atoms.